The predicted molar refractivity (Wildman–Crippen MR) is 165 cm³/mol. The lowest BCUT2D eigenvalue weighted by Crippen LogP contribution is -2.59. The van der Waals surface area contributed by atoms with Crippen molar-refractivity contribution >= 4 is 51.1 Å². The number of hydrogen-bond acceptors (Lipinski definition) is 6. The molecule has 2 aliphatic heterocycles. The van der Waals surface area contributed by atoms with E-state index < -0.39 is 17.3 Å². The SMILES string of the molecule is CC(C)N1C2=C(Br)C=C(C(=O)Nc3ccc(OC(F)(F)Cl)cc3)CC2=C2CCC(NC(=O)C3CN(C(=O)OC(C)(C)C)C3)C21. The van der Waals surface area contributed by atoms with Gasteiger partial charge in [0.25, 0.3) is 5.91 Å². The van der Waals surface area contributed by atoms with Gasteiger partial charge in [-0.15, -0.1) is 8.78 Å². The number of halogens is 4. The standard InChI is InChI=1S/C31H36BrClF2N4O5/c1-16(2)39-25-22(12-17(13-23(25)32)27(40)36-19-6-8-20(9-7-19)43-31(33,34)35)21-10-11-24(26(21)39)37-28(41)18-14-38(15-18)29(42)44-30(3,4)5/h6-9,13,16,18,24,26H,10-12,14-15H2,1-5H3,(H,36,40)(H,37,41). The zero-order valence-corrected chi connectivity index (χ0v) is 27.5. The van der Waals surface area contributed by atoms with Crippen LogP contribution in [0.4, 0.5) is 19.3 Å². The molecule has 2 heterocycles. The fourth-order valence-corrected chi connectivity index (χ4v) is 6.98. The predicted octanol–water partition coefficient (Wildman–Crippen LogP) is 6.26. The number of hydrogen-bond donors (Lipinski definition) is 2. The Morgan fingerprint density at radius 3 is 2.36 bits per heavy atom. The highest BCUT2D eigenvalue weighted by molar-refractivity contribution is 9.11. The zero-order chi connectivity index (χ0) is 32.1. The van der Waals surface area contributed by atoms with Crippen LogP contribution in [0.2, 0.25) is 0 Å². The van der Waals surface area contributed by atoms with Gasteiger partial charge >= 0.3 is 11.7 Å². The molecule has 0 radical (unpaired) electrons. The molecule has 2 atom stereocenters. The highest BCUT2D eigenvalue weighted by Crippen LogP contribution is 2.50. The van der Waals surface area contributed by atoms with Crippen molar-refractivity contribution in [3.05, 3.63) is 57.2 Å². The summed E-state index contributed by atoms with van der Waals surface area (Å²) in [6, 6.07) is 5.50. The fraction of sp³-hybridized carbons (Fsp3) is 0.516. The van der Waals surface area contributed by atoms with Crippen LogP contribution >= 0.6 is 27.5 Å². The van der Waals surface area contributed by atoms with E-state index in [1.165, 1.54) is 29.8 Å². The summed E-state index contributed by atoms with van der Waals surface area (Å²) in [4.78, 5) is 42.7. The summed E-state index contributed by atoms with van der Waals surface area (Å²) < 4.78 is 36.3. The van der Waals surface area contributed by atoms with E-state index in [0.29, 0.717) is 30.8 Å². The maximum atomic E-state index is 13.3. The molecule has 3 amide bonds. The summed E-state index contributed by atoms with van der Waals surface area (Å²) in [5.74, 6) is -0.803. The van der Waals surface area contributed by atoms with Crippen molar-refractivity contribution in [2.45, 2.75) is 83.2 Å². The van der Waals surface area contributed by atoms with E-state index in [9.17, 15) is 23.2 Å². The van der Waals surface area contributed by atoms with Crippen LogP contribution < -0.4 is 15.4 Å². The quantitative estimate of drug-likeness (QED) is 0.326. The average Bonchev–Trinajstić information content (AvgIpc) is 3.41. The number of rotatable bonds is 7. The Balaban J connectivity index is 1.26. The van der Waals surface area contributed by atoms with Crippen LogP contribution in [0.15, 0.2) is 57.2 Å². The number of amides is 3. The smallest absolute Gasteiger partial charge is 0.444 e. The molecule has 13 heteroatoms. The van der Waals surface area contributed by atoms with E-state index in [1.54, 1.807) is 4.90 Å². The lowest BCUT2D eigenvalue weighted by molar-refractivity contribution is -0.130. The summed E-state index contributed by atoms with van der Waals surface area (Å²) in [6.45, 7) is 10.3. The van der Waals surface area contributed by atoms with Crippen molar-refractivity contribution in [3.8, 4) is 5.75 Å². The van der Waals surface area contributed by atoms with E-state index in [1.807, 2.05) is 26.8 Å². The number of fused-ring (bicyclic) bond motifs is 2. The van der Waals surface area contributed by atoms with Crippen molar-refractivity contribution in [2.24, 2.45) is 5.92 Å². The minimum absolute atomic E-state index is 0.0399. The van der Waals surface area contributed by atoms with Crippen LogP contribution in [0.5, 0.6) is 5.75 Å². The zero-order valence-electron chi connectivity index (χ0n) is 25.2. The van der Waals surface area contributed by atoms with Crippen molar-refractivity contribution in [2.75, 3.05) is 18.4 Å². The van der Waals surface area contributed by atoms with Gasteiger partial charge in [-0.05, 0) is 105 Å². The van der Waals surface area contributed by atoms with Gasteiger partial charge in [0.2, 0.25) is 5.91 Å². The summed E-state index contributed by atoms with van der Waals surface area (Å²) in [7, 11) is 0. The van der Waals surface area contributed by atoms with Crippen molar-refractivity contribution < 1.29 is 32.6 Å². The van der Waals surface area contributed by atoms with Gasteiger partial charge in [-0.25, -0.2) is 4.79 Å². The summed E-state index contributed by atoms with van der Waals surface area (Å²) >= 11 is 8.53. The van der Waals surface area contributed by atoms with Gasteiger partial charge in [0.15, 0.2) is 0 Å². The van der Waals surface area contributed by atoms with E-state index in [4.69, 9.17) is 16.3 Å². The molecule has 2 fully saturated rings. The molecular weight excluding hydrogens is 662 g/mol. The second-order valence-electron chi connectivity index (χ2n) is 12.8. The normalized spacial score (nSPS) is 22.0. The Kier molecular flexibility index (Phi) is 8.80. The molecule has 2 N–H and O–H groups in total. The number of anilines is 1. The Hall–Kier alpha value is -3.12. The molecule has 5 rings (SSSR count). The first-order valence-corrected chi connectivity index (χ1v) is 15.7. The van der Waals surface area contributed by atoms with Crippen LogP contribution in [0.3, 0.4) is 0 Å². The average molecular weight is 698 g/mol. The number of benzene rings is 1. The van der Waals surface area contributed by atoms with Gasteiger partial charge in [-0.2, -0.15) is 0 Å². The van der Waals surface area contributed by atoms with Crippen LogP contribution in [0.25, 0.3) is 0 Å². The maximum Gasteiger partial charge on any atom is 0.487 e. The lowest BCUT2D eigenvalue weighted by Gasteiger charge is -2.40. The van der Waals surface area contributed by atoms with E-state index in [2.05, 4.69) is 50.0 Å². The second kappa shape index (κ2) is 12.0. The summed E-state index contributed by atoms with van der Waals surface area (Å²) in [5.41, 5.74) is -0.140. The van der Waals surface area contributed by atoms with Crippen LogP contribution in [-0.2, 0) is 14.3 Å². The third-order valence-electron chi connectivity index (χ3n) is 8.01. The highest BCUT2D eigenvalue weighted by atomic mass is 79.9. The maximum absolute atomic E-state index is 13.3. The molecule has 4 aliphatic rings. The third-order valence-corrected chi connectivity index (χ3v) is 8.70. The first-order chi connectivity index (χ1) is 20.5. The first-order valence-electron chi connectivity index (χ1n) is 14.6. The number of nitrogens with one attached hydrogen (secondary N) is 2. The Morgan fingerprint density at radius 1 is 1.11 bits per heavy atom. The minimum atomic E-state index is -3.83. The first kappa shape index (κ1) is 32.3. The van der Waals surface area contributed by atoms with E-state index >= 15 is 0 Å². The summed E-state index contributed by atoms with van der Waals surface area (Å²) in [5, 5.41) is 6.08. The number of carbonyl (C=O) groups is 3. The Labute approximate surface area is 268 Å². The molecule has 1 saturated carbocycles. The Bertz CT molecular complexity index is 1440. The number of nitrogens with zero attached hydrogens (tertiary/aromatic N) is 2. The molecule has 0 aromatic heterocycles. The monoisotopic (exact) mass is 696 g/mol. The number of likely N-dealkylation sites (tertiary alicyclic amines) is 1. The highest BCUT2D eigenvalue weighted by Gasteiger charge is 2.49. The van der Waals surface area contributed by atoms with Gasteiger partial charge in [-0.1, -0.05) is 0 Å². The van der Waals surface area contributed by atoms with Gasteiger partial charge in [-0.3, -0.25) is 9.59 Å². The van der Waals surface area contributed by atoms with Gasteiger partial charge in [0.05, 0.1) is 23.7 Å². The van der Waals surface area contributed by atoms with Gasteiger partial charge < -0.3 is 29.9 Å². The van der Waals surface area contributed by atoms with Crippen LogP contribution in [-0.4, -0.2) is 70.1 Å². The molecule has 1 saturated heterocycles. The number of allylic oxidation sites excluding steroid dienone is 3. The summed E-state index contributed by atoms with van der Waals surface area (Å²) in [6.07, 6.45) is 3.37. The molecular formula is C31H36BrClF2N4O5. The van der Waals surface area contributed by atoms with Crippen molar-refractivity contribution in [3.63, 3.8) is 0 Å². The molecule has 9 nitrogen and oxygen atoms in total. The fourth-order valence-electron chi connectivity index (χ4n) is 6.17. The number of ether oxygens (including phenoxy) is 2. The Morgan fingerprint density at radius 2 is 1.77 bits per heavy atom. The molecule has 1 aromatic rings. The topological polar surface area (TPSA) is 100 Å². The lowest BCUT2D eigenvalue weighted by atomic mass is 9.93. The number of carbonyl (C=O) groups excluding carboxylic acids is 3. The largest absolute Gasteiger partial charge is 0.487 e. The van der Waals surface area contributed by atoms with Crippen LogP contribution in [0.1, 0.15) is 53.9 Å². The van der Waals surface area contributed by atoms with Gasteiger partial charge in [0, 0.05) is 52.9 Å². The molecule has 0 bridgehead atoms. The minimum Gasteiger partial charge on any atom is -0.444 e. The molecule has 2 unspecified atom stereocenters. The molecule has 238 valence electrons. The van der Waals surface area contributed by atoms with E-state index in [0.717, 1.165) is 28.6 Å². The second-order valence-corrected chi connectivity index (χ2v) is 14.0. The molecule has 1 aromatic carbocycles. The van der Waals surface area contributed by atoms with Crippen molar-refractivity contribution in [1.29, 1.82) is 0 Å². The third kappa shape index (κ3) is 6.91. The van der Waals surface area contributed by atoms with Crippen molar-refractivity contribution in [1.82, 2.24) is 15.1 Å². The number of alkyl halides is 3. The van der Waals surface area contributed by atoms with Gasteiger partial charge in [0.1, 0.15) is 11.4 Å². The molecule has 0 spiro atoms. The molecule has 2 aliphatic carbocycles. The molecule has 44 heavy (non-hydrogen) atoms. The van der Waals surface area contributed by atoms with Crippen LogP contribution in [0, 0.1) is 5.92 Å². The van der Waals surface area contributed by atoms with E-state index in [-0.39, 0.29) is 41.6 Å².